The molecule has 0 spiro atoms. The van der Waals surface area contributed by atoms with Crippen molar-refractivity contribution in [3.05, 3.63) is 42.1 Å². The van der Waals surface area contributed by atoms with Crippen LogP contribution in [0.15, 0.2) is 46.5 Å². The molecule has 17 heavy (non-hydrogen) atoms. The predicted molar refractivity (Wildman–Crippen MR) is 70.5 cm³/mol. The summed E-state index contributed by atoms with van der Waals surface area (Å²) in [7, 11) is 1.66. The summed E-state index contributed by atoms with van der Waals surface area (Å²) >= 11 is 1.58. The van der Waals surface area contributed by atoms with Crippen LogP contribution in [-0.4, -0.2) is 12.1 Å². The molecule has 1 aromatic heterocycles. The van der Waals surface area contributed by atoms with Crippen molar-refractivity contribution in [2.45, 2.75) is 16.8 Å². The van der Waals surface area contributed by atoms with E-state index in [1.807, 2.05) is 37.3 Å². The molecule has 2 rings (SSSR count). The molecule has 2 aromatic rings. The van der Waals surface area contributed by atoms with E-state index < -0.39 is 0 Å². The molecule has 88 valence electrons. The Morgan fingerprint density at radius 1 is 1.24 bits per heavy atom. The van der Waals surface area contributed by atoms with E-state index in [1.165, 1.54) is 0 Å². The monoisotopic (exact) mass is 246 g/mol. The van der Waals surface area contributed by atoms with Gasteiger partial charge in [0.25, 0.3) is 0 Å². The fourth-order valence-corrected chi connectivity index (χ4v) is 2.14. The highest BCUT2D eigenvalue weighted by Crippen LogP contribution is 2.29. The van der Waals surface area contributed by atoms with Gasteiger partial charge in [-0.15, -0.1) is 0 Å². The van der Waals surface area contributed by atoms with Crippen molar-refractivity contribution in [3.8, 4) is 5.75 Å². The number of anilines is 1. The number of hydrogen-bond donors (Lipinski definition) is 1. The number of methoxy groups -OCH3 is 1. The molecule has 0 radical (unpaired) electrons. The Kier molecular flexibility index (Phi) is 3.54. The zero-order valence-corrected chi connectivity index (χ0v) is 10.6. The van der Waals surface area contributed by atoms with E-state index >= 15 is 0 Å². The average molecular weight is 246 g/mol. The lowest BCUT2D eigenvalue weighted by atomic mass is 10.3. The third kappa shape index (κ3) is 2.91. The predicted octanol–water partition coefficient (Wildman–Crippen LogP) is 3.13. The molecular weight excluding hydrogens is 232 g/mol. The Hall–Kier alpha value is -1.68. The largest absolute Gasteiger partial charge is 0.497 e. The van der Waals surface area contributed by atoms with E-state index in [2.05, 4.69) is 4.98 Å². The quantitative estimate of drug-likeness (QED) is 0.904. The topological polar surface area (TPSA) is 48.1 Å². The number of hydrogen-bond acceptors (Lipinski definition) is 4. The number of ether oxygens (including phenoxy) is 1. The summed E-state index contributed by atoms with van der Waals surface area (Å²) in [6.07, 6.45) is 1.79. The Labute approximate surface area is 105 Å². The Morgan fingerprint density at radius 3 is 2.53 bits per heavy atom. The number of aryl methyl sites for hydroxylation is 1. The second-order valence-electron chi connectivity index (χ2n) is 3.66. The smallest absolute Gasteiger partial charge is 0.118 e. The first-order valence-corrected chi connectivity index (χ1v) is 6.04. The van der Waals surface area contributed by atoms with Crippen LogP contribution in [0.1, 0.15) is 5.56 Å². The normalized spacial score (nSPS) is 10.2. The minimum Gasteiger partial charge on any atom is -0.497 e. The number of nitrogen functional groups attached to an aromatic ring is 1. The van der Waals surface area contributed by atoms with E-state index in [-0.39, 0.29) is 0 Å². The molecular formula is C13H14N2OS. The zero-order chi connectivity index (χ0) is 12.3. The lowest BCUT2D eigenvalue weighted by molar-refractivity contribution is 0.414. The fourth-order valence-electron chi connectivity index (χ4n) is 1.34. The molecule has 0 fully saturated rings. The second-order valence-corrected chi connectivity index (χ2v) is 4.75. The molecule has 0 bridgehead atoms. The molecule has 4 heteroatoms. The van der Waals surface area contributed by atoms with Gasteiger partial charge in [-0.1, -0.05) is 11.8 Å². The standard InChI is InChI=1S/C13H14N2OS/c1-9-8-15-13(7-12(9)14)17-11-5-3-10(16-2)4-6-11/h3-8H,1-2H3,(H2,14,15). The molecule has 1 heterocycles. The van der Waals surface area contributed by atoms with Crippen molar-refractivity contribution in [1.29, 1.82) is 0 Å². The SMILES string of the molecule is COc1ccc(Sc2cc(N)c(C)cn2)cc1. The minimum absolute atomic E-state index is 0.774. The Balaban J connectivity index is 2.16. The van der Waals surface area contributed by atoms with Crippen molar-refractivity contribution < 1.29 is 4.74 Å². The van der Waals surface area contributed by atoms with Crippen LogP contribution in [0.4, 0.5) is 5.69 Å². The molecule has 0 saturated heterocycles. The van der Waals surface area contributed by atoms with Gasteiger partial charge in [-0.05, 0) is 42.8 Å². The number of aromatic nitrogens is 1. The number of pyridine rings is 1. The van der Waals surface area contributed by atoms with E-state index in [9.17, 15) is 0 Å². The lowest BCUT2D eigenvalue weighted by Crippen LogP contribution is -1.91. The Bertz CT molecular complexity index is 511. The van der Waals surface area contributed by atoms with E-state index in [0.717, 1.165) is 26.9 Å². The van der Waals surface area contributed by atoms with Crippen LogP contribution >= 0.6 is 11.8 Å². The summed E-state index contributed by atoms with van der Waals surface area (Å²) in [6.45, 7) is 1.95. The number of rotatable bonds is 3. The third-order valence-electron chi connectivity index (χ3n) is 2.40. The molecule has 0 unspecified atom stereocenters. The van der Waals surface area contributed by atoms with Gasteiger partial charge in [0, 0.05) is 16.8 Å². The van der Waals surface area contributed by atoms with E-state index in [0.29, 0.717) is 0 Å². The van der Waals surface area contributed by atoms with Crippen LogP contribution in [0.5, 0.6) is 5.75 Å². The van der Waals surface area contributed by atoms with E-state index in [4.69, 9.17) is 10.5 Å². The van der Waals surface area contributed by atoms with Crippen molar-refractivity contribution in [3.63, 3.8) is 0 Å². The van der Waals surface area contributed by atoms with Gasteiger partial charge in [0.2, 0.25) is 0 Å². The Morgan fingerprint density at radius 2 is 1.94 bits per heavy atom. The summed E-state index contributed by atoms with van der Waals surface area (Å²) in [5.41, 5.74) is 7.62. The van der Waals surface area contributed by atoms with Gasteiger partial charge < -0.3 is 10.5 Å². The maximum Gasteiger partial charge on any atom is 0.118 e. The van der Waals surface area contributed by atoms with Crippen molar-refractivity contribution >= 4 is 17.4 Å². The van der Waals surface area contributed by atoms with Crippen LogP contribution in [0.3, 0.4) is 0 Å². The van der Waals surface area contributed by atoms with Gasteiger partial charge in [-0.2, -0.15) is 0 Å². The highest BCUT2D eigenvalue weighted by molar-refractivity contribution is 7.99. The first-order chi connectivity index (χ1) is 8.19. The van der Waals surface area contributed by atoms with Crippen LogP contribution in [-0.2, 0) is 0 Å². The molecule has 3 nitrogen and oxygen atoms in total. The van der Waals surface area contributed by atoms with Crippen LogP contribution in [0.25, 0.3) is 0 Å². The van der Waals surface area contributed by atoms with Gasteiger partial charge in [0.1, 0.15) is 10.8 Å². The molecule has 0 aliphatic heterocycles. The summed E-state index contributed by atoms with van der Waals surface area (Å²) in [6, 6.07) is 9.76. The van der Waals surface area contributed by atoms with Gasteiger partial charge >= 0.3 is 0 Å². The van der Waals surface area contributed by atoms with Gasteiger partial charge in [-0.3, -0.25) is 0 Å². The first kappa shape index (κ1) is 11.8. The van der Waals surface area contributed by atoms with Crippen LogP contribution in [0.2, 0.25) is 0 Å². The molecule has 0 aliphatic rings. The molecule has 2 N–H and O–H groups in total. The number of benzene rings is 1. The highest BCUT2D eigenvalue weighted by Gasteiger charge is 2.01. The summed E-state index contributed by atoms with van der Waals surface area (Å²) in [5.74, 6) is 0.853. The molecule has 0 aliphatic carbocycles. The maximum absolute atomic E-state index is 5.85. The molecule has 0 amide bonds. The maximum atomic E-state index is 5.85. The lowest BCUT2D eigenvalue weighted by Gasteiger charge is -2.05. The summed E-state index contributed by atoms with van der Waals surface area (Å²) < 4.78 is 5.11. The highest BCUT2D eigenvalue weighted by atomic mass is 32.2. The fraction of sp³-hybridized carbons (Fsp3) is 0.154. The van der Waals surface area contributed by atoms with Crippen molar-refractivity contribution in [2.75, 3.05) is 12.8 Å². The molecule has 0 saturated carbocycles. The van der Waals surface area contributed by atoms with E-state index in [1.54, 1.807) is 25.1 Å². The molecule has 1 aromatic carbocycles. The number of nitrogens with two attached hydrogens (primary N) is 1. The van der Waals surface area contributed by atoms with Crippen LogP contribution in [0, 0.1) is 6.92 Å². The molecule has 0 atom stereocenters. The van der Waals surface area contributed by atoms with Gasteiger partial charge in [-0.25, -0.2) is 4.98 Å². The average Bonchev–Trinajstić information content (AvgIpc) is 2.35. The summed E-state index contributed by atoms with van der Waals surface area (Å²) in [5, 5.41) is 0.901. The number of nitrogens with zero attached hydrogens (tertiary/aromatic N) is 1. The van der Waals surface area contributed by atoms with Crippen molar-refractivity contribution in [2.24, 2.45) is 0 Å². The third-order valence-corrected chi connectivity index (χ3v) is 3.34. The second kappa shape index (κ2) is 5.10. The van der Waals surface area contributed by atoms with Gasteiger partial charge in [0.05, 0.1) is 7.11 Å². The first-order valence-electron chi connectivity index (χ1n) is 5.23. The summed E-state index contributed by atoms with van der Waals surface area (Å²) in [4.78, 5) is 5.44. The zero-order valence-electron chi connectivity index (χ0n) is 9.81. The van der Waals surface area contributed by atoms with Crippen molar-refractivity contribution in [1.82, 2.24) is 4.98 Å². The minimum atomic E-state index is 0.774. The van der Waals surface area contributed by atoms with Gasteiger partial charge in [0.15, 0.2) is 0 Å². The van der Waals surface area contributed by atoms with Crippen LogP contribution < -0.4 is 10.5 Å².